The first-order valence-electron chi connectivity index (χ1n) is 6.96. The lowest BCUT2D eigenvalue weighted by Crippen LogP contribution is -2.42. The van der Waals surface area contributed by atoms with E-state index in [1.807, 2.05) is 20.8 Å². The Balaban J connectivity index is 2.13. The van der Waals surface area contributed by atoms with E-state index in [4.69, 9.17) is 4.74 Å². The Morgan fingerprint density at radius 3 is 2.58 bits per heavy atom. The monoisotopic (exact) mass is 265 g/mol. The lowest BCUT2D eigenvalue weighted by molar-refractivity contribution is -0.120. The highest BCUT2D eigenvalue weighted by Gasteiger charge is 2.50. The second kappa shape index (κ2) is 4.99. The van der Waals surface area contributed by atoms with Crippen molar-refractivity contribution >= 4 is 11.9 Å². The van der Waals surface area contributed by atoms with Crippen molar-refractivity contribution in [2.45, 2.75) is 51.7 Å². The molecule has 2 rings (SSSR count). The minimum atomic E-state index is -0.523. The second-order valence-corrected chi connectivity index (χ2v) is 6.53. The van der Waals surface area contributed by atoms with Gasteiger partial charge in [0.15, 0.2) is 5.78 Å². The predicted molar refractivity (Wildman–Crippen MR) is 72.8 cm³/mol. The molecule has 19 heavy (non-hydrogen) atoms. The minimum Gasteiger partial charge on any atom is -0.444 e. The Morgan fingerprint density at radius 2 is 2.11 bits per heavy atom. The molecule has 106 valence electrons. The summed E-state index contributed by atoms with van der Waals surface area (Å²) < 4.78 is 5.41. The van der Waals surface area contributed by atoms with Gasteiger partial charge in [-0.2, -0.15) is 0 Å². The average Bonchev–Trinajstić information content (AvgIpc) is 3.04. The van der Waals surface area contributed by atoms with Gasteiger partial charge in [-0.1, -0.05) is 6.08 Å². The lowest BCUT2D eigenvalue weighted by atomic mass is 9.92. The zero-order valence-electron chi connectivity index (χ0n) is 12.0. The largest absolute Gasteiger partial charge is 0.444 e. The van der Waals surface area contributed by atoms with E-state index in [-0.39, 0.29) is 30.4 Å². The van der Waals surface area contributed by atoms with Crippen LogP contribution in [0.3, 0.4) is 0 Å². The number of carbonyl (C=O) groups excluding carboxylic acids is 2. The number of amides is 1. The highest BCUT2D eigenvalue weighted by molar-refractivity contribution is 5.90. The Labute approximate surface area is 114 Å². The van der Waals surface area contributed by atoms with Crippen LogP contribution in [0.15, 0.2) is 12.7 Å². The fraction of sp³-hybridized carbons (Fsp3) is 0.733. The minimum absolute atomic E-state index is 0.0142. The van der Waals surface area contributed by atoms with E-state index in [1.54, 1.807) is 11.0 Å². The van der Waals surface area contributed by atoms with Gasteiger partial charge in [0.25, 0.3) is 0 Å². The van der Waals surface area contributed by atoms with Crippen LogP contribution in [0.4, 0.5) is 4.79 Å². The van der Waals surface area contributed by atoms with Crippen molar-refractivity contribution in [3.8, 4) is 0 Å². The van der Waals surface area contributed by atoms with Crippen molar-refractivity contribution in [3.63, 3.8) is 0 Å². The summed E-state index contributed by atoms with van der Waals surface area (Å²) >= 11 is 0. The van der Waals surface area contributed by atoms with E-state index in [2.05, 4.69) is 6.58 Å². The first-order valence-corrected chi connectivity index (χ1v) is 6.96. The fourth-order valence-corrected chi connectivity index (χ4v) is 2.78. The number of Topliss-reactive ketones (excluding diaryl/α,β-unsaturated/α-hetero) is 1. The van der Waals surface area contributed by atoms with E-state index in [1.165, 1.54) is 0 Å². The summed E-state index contributed by atoms with van der Waals surface area (Å²) in [6.45, 7) is 9.43. The summed E-state index contributed by atoms with van der Waals surface area (Å²) in [7, 11) is 0. The van der Waals surface area contributed by atoms with Crippen LogP contribution in [0, 0.1) is 11.8 Å². The first-order chi connectivity index (χ1) is 8.83. The molecule has 1 heterocycles. The van der Waals surface area contributed by atoms with Gasteiger partial charge < -0.3 is 4.74 Å². The van der Waals surface area contributed by atoms with Gasteiger partial charge in [0.05, 0.1) is 6.54 Å². The number of rotatable bonds is 3. The number of ketones is 1. The number of allylic oxidation sites excluding steroid dienone is 1. The van der Waals surface area contributed by atoms with Crippen molar-refractivity contribution in [1.82, 2.24) is 4.90 Å². The summed E-state index contributed by atoms with van der Waals surface area (Å²) in [6, 6.07) is 0.0142. The Kier molecular flexibility index (Phi) is 3.70. The summed E-state index contributed by atoms with van der Waals surface area (Å²) in [5.41, 5.74) is -0.523. The molecular formula is C15H23NO3. The van der Waals surface area contributed by atoms with Crippen LogP contribution in [0.1, 0.15) is 40.0 Å². The van der Waals surface area contributed by atoms with Gasteiger partial charge in [0.2, 0.25) is 0 Å². The summed E-state index contributed by atoms with van der Waals surface area (Å²) in [4.78, 5) is 26.0. The van der Waals surface area contributed by atoms with Gasteiger partial charge in [-0.3, -0.25) is 9.69 Å². The molecule has 0 aromatic rings. The van der Waals surface area contributed by atoms with E-state index in [0.717, 1.165) is 12.8 Å². The normalized spacial score (nSPS) is 27.5. The third-order valence-electron chi connectivity index (χ3n) is 3.67. The summed E-state index contributed by atoms with van der Waals surface area (Å²) in [5.74, 6) is 0.518. The van der Waals surface area contributed by atoms with Crippen LogP contribution in [-0.4, -0.2) is 35.0 Å². The average molecular weight is 265 g/mol. The molecule has 1 aliphatic heterocycles. The summed E-state index contributed by atoms with van der Waals surface area (Å²) in [5, 5.41) is 0. The molecule has 0 N–H and O–H groups in total. The van der Waals surface area contributed by atoms with Gasteiger partial charge in [-0.15, -0.1) is 6.58 Å². The Hall–Kier alpha value is -1.32. The van der Waals surface area contributed by atoms with Crippen molar-refractivity contribution in [1.29, 1.82) is 0 Å². The summed E-state index contributed by atoms with van der Waals surface area (Å²) in [6.07, 6.45) is 4.27. The van der Waals surface area contributed by atoms with Gasteiger partial charge in [0.1, 0.15) is 5.60 Å². The van der Waals surface area contributed by atoms with Crippen LogP contribution >= 0.6 is 0 Å². The zero-order chi connectivity index (χ0) is 14.2. The molecule has 0 spiro atoms. The number of hydrogen-bond acceptors (Lipinski definition) is 3. The number of likely N-dealkylation sites (tertiary alicyclic amines) is 1. The van der Waals surface area contributed by atoms with Crippen molar-refractivity contribution in [3.05, 3.63) is 12.7 Å². The molecule has 1 saturated heterocycles. The number of nitrogens with zero attached hydrogens (tertiary/aromatic N) is 1. The maximum atomic E-state index is 12.2. The smallest absolute Gasteiger partial charge is 0.410 e. The number of hydrogen-bond donors (Lipinski definition) is 0. The third kappa shape index (κ3) is 3.17. The highest BCUT2D eigenvalue weighted by atomic mass is 16.6. The predicted octanol–water partition coefficient (Wildman–Crippen LogP) is 2.78. The van der Waals surface area contributed by atoms with Gasteiger partial charge in [0, 0.05) is 12.0 Å². The molecule has 1 saturated carbocycles. The molecule has 4 heteroatoms. The fourth-order valence-electron chi connectivity index (χ4n) is 2.78. The van der Waals surface area contributed by atoms with Crippen LogP contribution in [0.25, 0.3) is 0 Å². The molecule has 2 aliphatic rings. The Morgan fingerprint density at radius 1 is 1.47 bits per heavy atom. The van der Waals surface area contributed by atoms with Crippen LogP contribution in [-0.2, 0) is 9.53 Å². The van der Waals surface area contributed by atoms with Crippen molar-refractivity contribution < 1.29 is 14.3 Å². The second-order valence-electron chi connectivity index (χ2n) is 6.53. The highest BCUT2D eigenvalue weighted by Crippen LogP contribution is 2.43. The number of carbonyl (C=O) groups is 2. The van der Waals surface area contributed by atoms with Gasteiger partial charge in [-0.05, 0) is 46.0 Å². The topological polar surface area (TPSA) is 46.6 Å². The number of ether oxygens (including phenoxy) is 1. The molecule has 0 radical (unpaired) electrons. The van der Waals surface area contributed by atoms with Crippen molar-refractivity contribution in [2.24, 2.45) is 11.8 Å². The molecule has 1 aliphatic carbocycles. The Bertz CT molecular complexity index is 393. The quantitative estimate of drug-likeness (QED) is 0.737. The molecule has 0 bridgehead atoms. The zero-order valence-corrected chi connectivity index (χ0v) is 12.0. The van der Waals surface area contributed by atoms with Gasteiger partial charge >= 0.3 is 6.09 Å². The molecule has 2 atom stereocenters. The van der Waals surface area contributed by atoms with Crippen LogP contribution in [0.2, 0.25) is 0 Å². The van der Waals surface area contributed by atoms with Gasteiger partial charge in [-0.25, -0.2) is 4.79 Å². The van der Waals surface area contributed by atoms with Crippen molar-refractivity contribution in [2.75, 3.05) is 6.54 Å². The SMILES string of the molecule is C=CCC1C(=O)CN(C(=O)OC(C)(C)C)C1C1CC1. The van der Waals surface area contributed by atoms with E-state index in [9.17, 15) is 9.59 Å². The van der Waals surface area contributed by atoms with E-state index >= 15 is 0 Å². The molecule has 0 aromatic carbocycles. The molecule has 2 unspecified atom stereocenters. The van der Waals surface area contributed by atoms with E-state index in [0.29, 0.717) is 12.3 Å². The van der Waals surface area contributed by atoms with E-state index < -0.39 is 5.60 Å². The lowest BCUT2D eigenvalue weighted by Gasteiger charge is -2.29. The maximum absolute atomic E-state index is 12.2. The standard InChI is InChI=1S/C15H23NO3/c1-5-6-11-12(17)9-16(13(11)10-7-8-10)14(18)19-15(2,3)4/h5,10-11,13H,1,6-9H2,2-4H3. The van der Waals surface area contributed by atoms with Crippen LogP contribution in [0.5, 0.6) is 0 Å². The molecular weight excluding hydrogens is 242 g/mol. The molecule has 2 fully saturated rings. The maximum Gasteiger partial charge on any atom is 0.410 e. The molecule has 1 amide bonds. The molecule has 4 nitrogen and oxygen atoms in total. The molecule has 0 aromatic heterocycles. The third-order valence-corrected chi connectivity index (χ3v) is 3.67. The van der Waals surface area contributed by atoms with Crippen LogP contribution < -0.4 is 0 Å². The first kappa shape index (κ1) is 14.1.